The average Bonchev–Trinajstić information content (AvgIpc) is 2.59. The van der Waals surface area contributed by atoms with Gasteiger partial charge in [-0.3, -0.25) is 14.2 Å². The maximum Gasteiger partial charge on any atom is 0.345 e. The van der Waals surface area contributed by atoms with Crippen LogP contribution in [-0.2, 0) is 27.9 Å². The Kier molecular flexibility index (Phi) is 9.19. The first-order chi connectivity index (χ1) is 12.3. The second-order valence-electron chi connectivity index (χ2n) is 5.33. The molecule has 1 aromatic carbocycles. The minimum absolute atomic E-state index is 0.108. The summed E-state index contributed by atoms with van der Waals surface area (Å²) < 4.78 is 27.3. The van der Waals surface area contributed by atoms with Crippen LogP contribution in [0.4, 0.5) is 0 Å². The zero-order valence-electron chi connectivity index (χ0n) is 14.8. The largest absolute Gasteiger partial charge is 0.481 e. The molecule has 0 amide bonds. The molecule has 0 fully saturated rings. The van der Waals surface area contributed by atoms with Gasteiger partial charge in [0.15, 0.2) is 0 Å². The number of benzene rings is 1. The van der Waals surface area contributed by atoms with Gasteiger partial charge in [0.2, 0.25) is 0 Å². The fraction of sp³-hybridized carbons (Fsp3) is 0.471. The number of hydrogen-bond acceptors (Lipinski definition) is 7. The molecule has 0 aliphatic carbocycles. The molecule has 26 heavy (non-hydrogen) atoms. The summed E-state index contributed by atoms with van der Waals surface area (Å²) in [5.41, 5.74) is 0.216. The average molecular weight is 386 g/mol. The van der Waals surface area contributed by atoms with Crippen LogP contribution in [0.15, 0.2) is 30.3 Å². The minimum Gasteiger partial charge on any atom is -0.481 e. The molecule has 1 atom stereocenters. The molecule has 0 saturated heterocycles. The molecule has 0 spiro atoms. The van der Waals surface area contributed by atoms with Gasteiger partial charge in [0.1, 0.15) is 0 Å². The quantitative estimate of drug-likeness (QED) is 0.350. The normalized spacial score (nSPS) is 12.4. The summed E-state index contributed by atoms with van der Waals surface area (Å²) in [5.74, 6) is -4.02. The summed E-state index contributed by atoms with van der Waals surface area (Å²) in [4.78, 5) is 35.0. The fourth-order valence-electron chi connectivity index (χ4n) is 2.18. The maximum absolute atomic E-state index is 12.5. The molecular weight excluding hydrogens is 363 g/mol. The van der Waals surface area contributed by atoms with Crippen molar-refractivity contribution in [3.63, 3.8) is 0 Å². The molecule has 0 radical (unpaired) electrons. The Hall–Kier alpha value is -2.02. The van der Waals surface area contributed by atoms with Gasteiger partial charge in [-0.1, -0.05) is 18.2 Å². The minimum atomic E-state index is -3.56. The van der Waals surface area contributed by atoms with Crippen LogP contribution in [0.3, 0.4) is 0 Å². The smallest absolute Gasteiger partial charge is 0.345 e. The molecule has 0 aliphatic rings. The lowest BCUT2D eigenvalue weighted by atomic mass is 10.1. The molecule has 0 aliphatic heterocycles. The fourth-order valence-corrected chi connectivity index (χ4v) is 4.13. The van der Waals surface area contributed by atoms with Crippen LogP contribution in [-0.4, -0.2) is 42.4 Å². The van der Waals surface area contributed by atoms with Crippen LogP contribution < -0.4 is 0 Å². The third-order valence-corrected chi connectivity index (χ3v) is 5.55. The molecule has 144 valence electrons. The Bertz CT molecular complexity index is 648. The van der Waals surface area contributed by atoms with E-state index in [0.717, 1.165) is 0 Å². The van der Waals surface area contributed by atoms with Crippen molar-refractivity contribution >= 4 is 25.5 Å². The Labute approximate surface area is 152 Å². The predicted octanol–water partition coefficient (Wildman–Crippen LogP) is 3.12. The second-order valence-corrected chi connectivity index (χ2v) is 7.43. The molecule has 8 nitrogen and oxygen atoms in total. The Balaban J connectivity index is 2.62. The molecular formula is C17H23O8P. The molecule has 1 N–H and O–H groups in total. The van der Waals surface area contributed by atoms with E-state index in [1.54, 1.807) is 32.0 Å². The van der Waals surface area contributed by atoms with Crippen molar-refractivity contribution in [3.8, 4) is 0 Å². The number of carbonyl (C=O) groups is 3. The lowest BCUT2D eigenvalue weighted by molar-refractivity contribution is -0.142. The highest BCUT2D eigenvalue weighted by atomic mass is 31.2. The van der Waals surface area contributed by atoms with Crippen molar-refractivity contribution in [2.45, 2.75) is 26.7 Å². The standard InChI is InChI=1S/C17H23O8P/c1-3-23-26(22,24-4-2)12-14(16(19)20)10-11-15(18)25-17(21)13-8-6-5-7-9-13/h5-9,14H,3-4,10-12H2,1-2H3,(H,19,20). The molecule has 1 rings (SSSR count). The summed E-state index contributed by atoms with van der Waals surface area (Å²) in [7, 11) is -3.56. The Morgan fingerprint density at radius 2 is 1.65 bits per heavy atom. The zero-order chi connectivity index (χ0) is 19.6. The van der Waals surface area contributed by atoms with Crippen LogP contribution in [0.25, 0.3) is 0 Å². The summed E-state index contributed by atoms with van der Waals surface area (Å²) in [6, 6.07) is 7.96. The summed E-state index contributed by atoms with van der Waals surface area (Å²) in [5, 5.41) is 9.29. The van der Waals surface area contributed by atoms with E-state index >= 15 is 0 Å². The van der Waals surface area contributed by atoms with Crippen molar-refractivity contribution < 1.29 is 37.8 Å². The lowest BCUT2D eigenvalue weighted by Gasteiger charge is -2.20. The highest BCUT2D eigenvalue weighted by Crippen LogP contribution is 2.50. The number of carboxylic acids is 1. The third kappa shape index (κ3) is 7.47. The summed E-state index contributed by atoms with van der Waals surface area (Å²) in [6.07, 6.45) is -0.821. The molecule has 1 unspecified atom stereocenters. The molecule has 0 saturated carbocycles. The van der Waals surface area contributed by atoms with Gasteiger partial charge in [-0.05, 0) is 32.4 Å². The van der Waals surface area contributed by atoms with E-state index in [0.29, 0.717) is 0 Å². The van der Waals surface area contributed by atoms with Gasteiger partial charge in [-0.15, -0.1) is 0 Å². The number of aliphatic carboxylic acids is 1. The first-order valence-corrected chi connectivity index (χ1v) is 9.95. The van der Waals surface area contributed by atoms with Crippen LogP contribution in [0.2, 0.25) is 0 Å². The third-order valence-electron chi connectivity index (χ3n) is 3.36. The van der Waals surface area contributed by atoms with E-state index < -0.39 is 31.4 Å². The van der Waals surface area contributed by atoms with E-state index in [1.807, 2.05) is 0 Å². The van der Waals surface area contributed by atoms with Gasteiger partial charge in [0, 0.05) is 6.42 Å². The van der Waals surface area contributed by atoms with Gasteiger partial charge < -0.3 is 18.9 Å². The van der Waals surface area contributed by atoms with E-state index in [1.165, 1.54) is 12.1 Å². The van der Waals surface area contributed by atoms with Gasteiger partial charge in [-0.25, -0.2) is 4.79 Å². The van der Waals surface area contributed by atoms with E-state index in [9.17, 15) is 24.1 Å². The predicted molar refractivity (Wildman–Crippen MR) is 92.9 cm³/mol. The molecule has 1 aromatic rings. The Morgan fingerprint density at radius 1 is 1.08 bits per heavy atom. The van der Waals surface area contributed by atoms with E-state index in [4.69, 9.17) is 9.05 Å². The first kappa shape index (κ1) is 22.0. The van der Waals surface area contributed by atoms with Crippen molar-refractivity contribution in [1.82, 2.24) is 0 Å². The highest BCUT2D eigenvalue weighted by Gasteiger charge is 2.33. The van der Waals surface area contributed by atoms with Crippen LogP contribution in [0.5, 0.6) is 0 Å². The van der Waals surface area contributed by atoms with E-state index in [2.05, 4.69) is 4.74 Å². The van der Waals surface area contributed by atoms with Gasteiger partial charge >= 0.3 is 25.5 Å². The molecule has 9 heteroatoms. The SMILES string of the molecule is CCOP(=O)(CC(CCC(=O)OC(=O)c1ccccc1)C(=O)O)OCC. The lowest BCUT2D eigenvalue weighted by Crippen LogP contribution is -2.22. The van der Waals surface area contributed by atoms with Crippen molar-refractivity contribution in [2.24, 2.45) is 5.92 Å². The van der Waals surface area contributed by atoms with Crippen LogP contribution >= 0.6 is 7.60 Å². The van der Waals surface area contributed by atoms with Crippen molar-refractivity contribution in [1.29, 1.82) is 0 Å². The summed E-state index contributed by atoms with van der Waals surface area (Å²) in [6.45, 7) is 3.45. The highest BCUT2D eigenvalue weighted by molar-refractivity contribution is 7.53. The number of carbonyl (C=O) groups excluding carboxylic acids is 2. The van der Waals surface area contributed by atoms with Crippen LogP contribution in [0, 0.1) is 5.92 Å². The van der Waals surface area contributed by atoms with Gasteiger partial charge in [-0.2, -0.15) is 0 Å². The number of carboxylic acid groups (broad SMARTS) is 1. The second kappa shape index (κ2) is 10.9. The number of ether oxygens (including phenoxy) is 1. The topological polar surface area (TPSA) is 116 Å². The Morgan fingerprint density at radius 3 is 2.15 bits per heavy atom. The van der Waals surface area contributed by atoms with Crippen molar-refractivity contribution in [3.05, 3.63) is 35.9 Å². The zero-order valence-corrected chi connectivity index (χ0v) is 15.6. The molecule has 0 heterocycles. The van der Waals surface area contributed by atoms with E-state index in [-0.39, 0.29) is 37.8 Å². The first-order valence-electron chi connectivity index (χ1n) is 8.22. The number of hydrogen-bond donors (Lipinski definition) is 1. The van der Waals surface area contributed by atoms with Gasteiger partial charge in [0.05, 0.1) is 30.9 Å². The number of rotatable bonds is 11. The van der Waals surface area contributed by atoms with Crippen LogP contribution in [0.1, 0.15) is 37.0 Å². The molecule has 0 bridgehead atoms. The van der Waals surface area contributed by atoms with Gasteiger partial charge in [0.25, 0.3) is 0 Å². The monoisotopic (exact) mass is 386 g/mol. The number of esters is 2. The summed E-state index contributed by atoms with van der Waals surface area (Å²) >= 11 is 0. The molecule has 0 aromatic heterocycles. The van der Waals surface area contributed by atoms with Crippen molar-refractivity contribution in [2.75, 3.05) is 19.4 Å². The maximum atomic E-state index is 12.5.